The van der Waals surface area contributed by atoms with E-state index in [1.54, 1.807) is 71.4 Å². The summed E-state index contributed by atoms with van der Waals surface area (Å²) in [4.78, 5) is 24.3. The Morgan fingerprint density at radius 3 is 2.06 bits per heavy atom. The Hall–Kier alpha value is -4.23. The maximum atomic E-state index is 13.1. The number of fused-ring (bicyclic) bond motifs is 1. The standard InChI is InChI=1S/C25H21N3O4/c29-23(30)17-28-16-18(21-13-7-8-14-22(21)28)15-26-27-24(31)25(32,19-9-3-1-4-10-19)20-11-5-2-6-12-20/h1-16,32H,17H2,(H,27,31)(H,29,30)/b26-15-. The number of aliphatic hydroxyl groups is 1. The molecule has 1 amide bonds. The Balaban J connectivity index is 1.64. The van der Waals surface area contributed by atoms with Gasteiger partial charge in [-0.15, -0.1) is 0 Å². The van der Waals surface area contributed by atoms with Crippen molar-refractivity contribution in [2.75, 3.05) is 0 Å². The van der Waals surface area contributed by atoms with Crippen LogP contribution >= 0.6 is 0 Å². The highest BCUT2D eigenvalue weighted by Crippen LogP contribution is 2.30. The lowest BCUT2D eigenvalue weighted by Crippen LogP contribution is -2.43. The second kappa shape index (κ2) is 8.87. The Kier molecular flexibility index (Phi) is 5.83. The third-order valence-electron chi connectivity index (χ3n) is 5.21. The fourth-order valence-electron chi connectivity index (χ4n) is 3.68. The van der Waals surface area contributed by atoms with E-state index in [4.69, 9.17) is 5.11 Å². The van der Waals surface area contributed by atoms with Crippen LogP contribution in [0.15, 0.2) is 96.2 Å². The summed E-state index contributed by atoms with van der Waals surface area (Å²) in [5, 5.41) is 25.4. The van der Waals surface area contributed by atoms with Gasteiger partial charge >= 0.3 is 5.97 Å². The molecule has 0 bridgehead atoms. The minimum absolute atomic E-state index is 0.192. The molecule has 0 aliphatic rings. The van der Waals surface area contributed by atoms with Gasteiger partial charge in [-0.05, 0) is 17.2 Å². The third-order valence-corrected chi connectivity index (χ3v) is 5.21. The number of benzene rings is 3. The molecule has 0 saturated carbocycles. The number of carbonyl (C=O) groups excluding carboxylic acids is 1. The minimum Gasteiger partial charge on any atom is -0.480 e. The fraction of sp³-hybridized carbons (Fsp3) is 0.0800. The second-order valence-corrected chi connectivity index (χ2v) is 7.26. The molecule has 7 heteroatoms. The first-order chi connectivity index (χ1) is 15.5. The normalized spacial score (nSPS) is 11.7. The summed E-state index contributed by atoms with van der Waals surface area (Å²) in [6, 6.07) is 24.6. The topological polar surface area (TPSA) is 104 Å². The van der Waals surface area contributed by atoms with E-state index in [1.165, 1.54) is 6.21 Å². The molecule has 7 nitrogen and oxygen atoms in total. The van der Waals surface area contributed by atoms with E-state index in [1.807, 2.05) is 24.3 Å². The van der Waals surface area contributed by atoms with Crippen molar-refractivity contribution in [1.29, 1.82) is 0 Å². The molecule has 4 rings (SSSR count). The van der Waals surface area contributed by atoms with Gasteiger partial charge in [-0.3, -0.25) is 9.59 Å². The van der Waals surface area contributed by atoms with Gasteiger partial charge in [0.25, 0.3) is 5.91 Å². The molecule has 1 aromatic heterocycles. The van der Waals surface area contributed by atoms with E-state index in [-0.39, 0.29) is 6.54 Å². The average molecular weight is 427 g/mol. The van der Waals surface area contributed by atoms with Crippen molar-refractivity contribution in [2.24, 2.45) is 5.10 Å². The van der Waals surface area contributed by atoms with E-state index in [0.717, 1.165) is 10.9 Å². The molecule has 0 aliphatic heterocycles. The number of aromatic nitrogens is 1. The number of aliphatic carboxylic acids is 1. The van der Waals surface area contributed by atoms with Gasteiger partial charge in [-0.1, -0.05) is 78.9 Å². The number of nitrogens with zero attached hydrogens (tertiary/aromatic N) is 2. The molecule has 4 aromatic rings. The number of nitrogens with one attached hydrogen (secondary N) is 1. The number of amides is 1. The van der Waals surface area contributed by atoms with Crippen LogP contribution in [0, 0.1) is 0 Å². The highest BCUT2D eigenvalue weighted by molar-refractivity contribution is 6.00. The van der Waals surface area contributed by atoms with Crippen LogP contribution in [0.1, 0.15) is 16.7 Å². The Morgan fingerprint density at radius 1 is 0.906 bits per heavy atom. The van der Waals surface area contributed by atoms with Crippen molar-refractivity contribution in [3.8, 4) is 0 Å². The van der Waals surface area contributed by atoms with E-state index >= 15 is 0 Å². The summed E-state index contributed by atoms with van der Waals surface area (Å²) in [6.07, 6.45) is 3.10. The quantitative estimate of drug-likeness (QED) is 0.311. The van der Waals surface area contributed by atoms with Crippen molar-refractivity contribution >= 4 is 29.0 Å². The molecule has 3 N–H and O–H groups in total. The van der Waals surface area contributed by atoms with Crippen LogP contribution in [0.25, 0.3) is 10.9 Å². The summed E-state index contributed by atoms with van der Waals surface area (Å²) < 4.78 is 1.60. The van der Waals surface area contributed by atoms with Crippen LogP contribution in [0.4, 0.5) is 0 Å². The molecule has 160 valence electrons. The largest absolute Gasteiger partial charge is 0.480 e. The van der Waals surface area contributed by atoms with Crippen LogP contribution in [0.2, 0.25) is 0 Å². The summed E-state index contributed by atoms with van der Waals surface area (Å²) in [5.41, 5.74) is 2.72. The number of rotatable bonds is 7. The van der Waals surface area contributed by atoms with Crippen LogP contribution in [0.3, 0.4) is 0 Å². The van der Waals surface area contributed by atoms with Gasteiger partial charge in [0, 0.05) is 22.7 Å². The van der Waals surface area contributed by atoms with E-state index in [9.17, 15) is 14.7 Å². The highest BCUT2D eigenvalue weighted by atomic mass is 16.4. The van der Waals surface area contributed by atoms with Crippen LogP contribution < -0.4 is 5.43 Å². The lowest BCUT2D eigenvalue weighted by Gasteiger charge is -2.27. The van der Waals surface area contributed by atoms with Crippen LogP contribution in [-0.4, -0.2) is 32.9 Å². The average Bonchev–Trinajstić information content (AvgIpc) is 3.16. The van der Waals surface area contributed by atoms with Gasteiger partial charge in [-0.25, -0.2) is 5.43 Å². The molecule has 3 aromatic carbocycles. The van der Waals surface area contributed by atoms with Crippen molar-refractivity contribution in [1.82, 2.24) is 9.99 Å². The van der Waals surface area contributed by atoms with E-state index in [0.29, 0.717) is 16.7 Å². The van der Waals surface area contributed by atoms with Crippen molar-refractivity contribution in [2.45, 2.75) is 12.1 Å². The molecule has 32 heavy (non-hydrogen) atoms. The van der Waals surface area contributed by atoms with Gasteiger partial charge in [0.1, 0.15) is 6.54 Å². The zero-order valence-corrected chi connectivity index (χ0v) is 17.1. The number of hydrogen-bond acceptors (Lipinski definition) is 4. The summed E-state index contributed by atoms with van der Waals surface area (Å²) in [5.74, 6) is -1.67. The van der Waals surface area contributed by atoms with Crippen LogP contribution in [0.5, 0.6) is 0 Å². The first-order valence-corrected chi connectivity index (χ1v) is 9.96. The molecule has 0 aliphatic carbocycles. The zero-order valence-electron chi connectivity index (χ0n) is 17.1. The van der Waals surface area contributed by atoms with Gasteiger partial charge in [0.2, 0.25) is 0 Å². The van der Waals surface area contributed by atoms with Crippen molar-refractivity contribution in [3.05, 3.63) is 108 Å². The first kappa shape index (κ1) is 21.0. The van der Waals surface area contributed by atoms with E-state index in [2.05, 4.69) is 10.5 Å². The predicted molar refractivity (Wildman–Crippen MR) is 121 cm³/mol. The number of hydrogen-bond donors (Lipinski definition) is 3. The highest BCUT2D eigenvalue weighted by Gasteiger charge is 2.39. The second-order valence-electron chi connectivity index (χ2n) is 7.26. The molecular formula is C25H21N3O4. The van der Waals surface area contributed by atoms with Crippen molar-refractivity contribution in [3.63, 3.8) is 0 Å². The Morgan fingerprint density at radius 2 is 1.47 bits per heavy atom. The number of carboxylic acid groups (broad SMARTS) is 1. The van der Waals surface area contributed by atoms with Crippen molar-refractivity contribution < 1.29 is 19.8 Å². The Bertz CT molecular complexity index is 1240. The lowest BCUT2D eigenvalue weighted by molar-refractivity contribution is -0.138. The fourth-order valence-corrected chi connectivity index (χ4v) is 3.68. The molecule has 1 heterocycles. The number of carbonyl (C=O) groups is 2. The Labute approximate surface area is 184 Å². The molecule has 0 unspecified atom stereocenters. The van der Waals surface area contributed by atoms with Gasteiger partial charge < -0.3 is 14.8 Å². The molecule has 0 spiro atoms. The van der Waals surface area contributed by atoms with Gasteiger partial charge in [0.15, 0.2) is 5.60 Å². The van der Waals surface area contributed by atoms with Gasteiger partial charge in [-0.2, -0.15) is 5.10 Å². The molecule has 0 saturated heterocycles. The summed E-state index contributed by atoms with van der Waals surface area (Å²) >= 11 is 0. The summed E-state index contributed by atoms with van der Waals surface area (Å²) in [6.45, 7) is -0.192. The first-order valence-electron chi connectivity index (χ1n) is 9.96. The maximum Gasteiger partial charge on any atom is 0.323 e. The predicted octanol–water partition coefficient (Wildman–Crippen LogP) is 3.11. The smallest absolute Gasteiger partial charge is 0.323 e. The molecule has 0 atom stereocenters. The minimum atomic E-state index is -1.93. The van der Waals surface area contributed by atoms with Crippen LogP contribution in [-0.2, 0) is 21.7 Å². The molecule has 0 radical (unpaired) electrons. The maximum absolute atomic E-state index is 13.1. The molecular weight excluding hydrogens is 406 g/mol. The SMILES string of the molecule is O=C(O)Cn1cc(/C=N\NC(=O)C(O)(c2ccccc2)c2ccccc2)c2ccccc21. The number of carboxylic acids is 1. The third kappa shape index (κ3) is 4.01. The van der Waals surface area contributed by atoms with E-state index < -0.39 is 17.5 Å². The monoisotopic (exact) mass is 427 g/mol. The van der Waals surface area contributed by atoms with Gasteiger partial charge in [0.05, 0.1) is 6.21 Å². The zero-order chi connectivity index (χ0) is 22.6. The number of para-hydroxylation sites is 1. The molecule has 0 fully saturated rings. The summed E-state index contributed by atoms with van der Waals surface area (Å²) in [7, 11) is 0. The number of hydrazone groups is 1. The lowest BCUT2D eigenvalue weighted by atomic mass is 9.85.